The maximum absolute atomic E-state index is 12.0. The fourth-order valence-electron chi connectivity index (χ4n) is 2.29. The first kappa shape index (κ1) is 15.9. The highest BCUT2D eigenvalue weighted by atomic mass is 16.6. The van der Waals surface area contributed by atoms with Crippen molar-refractivity contribution in [2.24, 2.45) is 0 Å². The van der Waals surface area contributed by atoms with Gasteiger partial charge in [0.05, 0.1) is 6.61 Å². The minimum absolute atomic E-state index is 0.152. The van der Waals surface area contributed by atoms with Gasteiger partial charge >= 0.3 is 5.69 Å². The standard InChI is InChI=1S/C13H21N3O5/c1-3-4-20-10-9(18)8(6-17)21-12(10)16-5-7(2)11(14)15-13(16)19/h5,8-10,12,17-18H,3-4,6H2,1-2H3,(H2,14,15,19)/t8-,9+,10-,12-/m1/s1. The topological polar surface area (TPSA) is 120 Å². The molecule has 0 aromatic carbocycles. The molecule has 2 rings (SSSR count). The highest BCUT2D eigenvalue weighted by Crippen LogP contribution is 2.31. The Morgan fingerprint density at radius 3 is 2.90 bits per heavy atom. The van der Waals surface area contributed by atoms with E-state index in [0.29, 0.717) is 12.2 Å². The Hall–Kier alpha value is -1.48. The van der Waals surface area contributed by atoms with Crippen LogP contribution in [0.4, 0.5) is 5.82 Å². The molecule has 2 heterocycles. The number of aliphatic hydroxyl groups excluding tert-OH is 2. The van der Waals surface area contributed by atoms with Gasteiger partial charge in [0.2, 0.25) is 0 Å². The third-order valence-corrected chi connectivity index (χ3v) is 3.46. The molecule has 4 N–H and O–H groups in total. The number of nitrogens with two attached hydrogens (primary N) is 1. The van der Waals surface area contributed by atoms with Crippen molar-refractivity contribution < 1.29 is 19.7 Å². The van der Waals surface area contributed by atoms with Crippen LogP contribution in [0.15, 0.2) is 11.0 Å². The zero-order valence-corrected chi connectivity index (χ0v) is 12.1. The molecule has 1 aliphatic heterocycles. The molecule has 118 valence electrons. The van der Waals surface area contributed by atoms with E-state index in [2.05, 4.69) is 4.98 Å². The summed E-state index contributed by atoms with van der Waals surface area (Å²) in [4.78, 5) is 15.7. The van der Waals surface area contributed by atoms with Crippen LogP contribution >= 0.6 is 0 Å². The first-order chi connectivity index (χ1) is 9.99. The summed E-state index contributed by atoms with van der Waals surface area (Å²) < 4.78 is 12.4. The molecule has 8 nitrogen and oxygen atoms in total. The van der Waals surface area contributed by atoms with E-state index in [4.69, 9.17) is 15.2 Å². The number of aromatic nitrogens is 2. The molecule has 1 aromatic rings. The summed E-state index contributed by atoms with van der Waals surface area (Å²) in [5, 5.41) is 19.4. The van der Waals surface area contributed by atoms with E-state index in [1.165, 1.54) is 10.8 Å². The van der Waals surface area contributed by atoms with Crippen molar-refractivity contribution in [3.05, 3.63) is 22.2 Å². The van der Waals surface area contributed by atoms with Gasteiger partial charge in [0.15, 0.2) is 6.23 Å². The summed E-state index contributed by atoms with van der Waals surface area (Å²) in [7, 11) is 0. The summed E-state index contributed by atoms with van der Waals surface area (Å²) >= 11 is 0. The van der Waals surface area contributed by atoms with E-state index in [-0.39, 0.29) is 12.4 Å². The molecular formula is C13H21N3O5. The Bertz CT molecular complexity index is 547. The van der Waals surface area contributed by atoms with Crippen LogP contribution in [0, 0.1) is 6.92 Å². The molecule has 21 heavy (non-hydrogen) atoms. The van der Waals surface area contributed by atoms with Crippen LogP contribution in [0.25, 0.3) is 0 Å². The number of rotatable bonds is 5. The van der Waals surface area contributed by atoms with Gasteiger partial charge in [0, 0.05) is 18.4 Å². The maximum Gasteiger partial charge on any atom is 0.351 e. The molecule has 0 spiro atoms. The largest absolute Gasteiger partial charge is 0.394 e. The Morgan fingerprint density at radius 2 is 2.29 bits per heavy atom. The lowest BCUT2D eigenvalue weighted by atomic mass is 10.1. The molecule has 1 aliphatic rings. The Labute approximate surface area is 122 Å². The van der Waals surface area contributed by atoms with Gasteiger partial charge in [-0.1, -0.05) is 6.92 Å². The summed E-state index contributed by atoms with van der Waals surface area (Å²) in [6.07, 6.45) is -1.14. The minimum atomic E-state index is -1.02. The van der Waals surface area contributed by atoms with E-state index in [9.17, 15) is 15.0 Å². The summed E-state index contributed by atoms with van der Waals surface area (Å²) in [6, 6.07) is 0. The van der Waals surface area contributed by atoms with Gasteiger partial charge in [0.25, 0.3) is 0 Å². The van der Waals surface area contributed by atoms with Crippen molar-refractivity contribution in [2.45, 2.75) is 44.8 Å². The maximum atomic E-state index is 12.0. The van der Waals surface area contributed by atoms with E-state index in [1.54, 1.807) is 6.92 Å². The van der Waals surface area contributed by atoms with Gasteiger partial charge in [0.1, 0.15) is 24.1 Å². The zero-order valence-electron chi connectivity index (χ0n) is 12.1. The van der Waals surface area contributed by atoms with Crippen LogP contribution in [-0.4, -0.2) is 51.3 Å². The summed E-state index contributed by atoms with van der Waals surface area (Å²) in [6.45, 7) is 3.70. The first-order valence-electron chi connectivity index (χ1n) is 6.90. The predicted molar refractivity (Wildman–Crippen MR) is 74.7 cm³/mol. The molecule has 4 atom stereocenters. The SMILES string of the molecule is CCCO[C@@H]1[C@@H](O)[C@@H](CO)O[C@H]1n1cc(C)c(N)nc1=O. The molecule has 0 unspecified atom stereocenters. The van der Waals surface area contributed by atoms with E-state index in [0.717, 1.165) is 6.42 Å². The van der Waals surface area contributed by atoms with Crippen molar-refractivity contribution in [1.29, 1.82) is 0 Å². The second kappa shape index (κ2) is 6.52. The lowest BCUT2D eigenvalue weighted by Gasteiger charge is -2.22. The van der Waals surface area contributed by atoms with Crippen LogP contribution in [0.1, 0.15) is 25.1 Å². The minimum Gasteiger partial charge on any atom is -0.394 e. The molecule has 0 saturated carbocycles. The Morgan fingerprint density at radius 1 is 1.57 bits per heavy atom. The van der Waals surface area contributed by atoms with Crippen molar-refractivity contribution in [3.63, 3.8) is 0 Å². The number of hydrogen-bond acceptors (Lipinski definition) is 7. The van der Waals surface area contributed by atoms with Gasteiger partial charge in [-0.25, -0.2) is 4.79 Å². The lowest BCUT2D eigenvalue weighted by molar-refractivity contribution is -0.0741. The fourth-order valence-corrected chi connectivity index (χ4v) is 2.29. The average molecular weight is 299 g/mol. The number of hydrogen-bond donors (Lipinski definition) is 3. The molecule has 1 fully saturated rings. The fraction of sp³-hybridized carbons (Fsp3) is 0.692. The Kier molecular flexibility index (Phi) is 4.94. The number of aryl methyl sites for hydroxylation is 1. The molecule has 0 bridgehead atoms. The van der Waals surface area contributed by atoms with Gasteiger partial charge in [-0.15, -0.1) is 0 Å². The number of anilines is 1. The van der Waals surface area contributed by atoms with Crippen molar-refractivity contribution in [2.75, 3.05) is 18.9 Å². The summed E-state index contributed by atoms with van der Waals surface area (Å²) in [5.74, 6) is 0.152. The number of nitrogen functional groups attached to an aromatic ring is 1. The van der Waals surface area contributed by atoms with E-state index >= 15 is 0 Å². The second-order valence-corrected chi connectivity index (χ2v) is 5.07. The number of aliphatic hydroxyl groups is 2. The molecule has 0 radical (unpaired) electrons. The van der Waals surface area contributed by atoms with Gasteiger partial charge in [-0.3, -0.25) is 4.57 Å². The van der Waals surface area contributed by atoms with Crippen molar-refractivity contribution >= 4 is 5.82 Å². The highest BCUT2D eigenvalue weighted by Gasteiger charge is 2.45. The van der Waals surface area contributed by atoms with E-state index < -0.39 is 30.2 Å². The summed E-state index contributed by atoms with van der Waals surface area (Å²) in [5.41, 5.74) is 5.63. The van der Waals surface area contributed by atoms with Crippen molar-refractivity contribution in [3.8, 4) is 0 Å². The smallest absolute Gasteiger partial charge is 0.351 e. The average Bonchev–Trinajstić information content (AvgIpc) is 2.77. The molecule has 8 heteroatoms. The van der Waals surface area contributed by atoms with Gasteiger partial charge < -0.3 is 25.4 Å². The van der Waals surface area contributed by atoms with E-state index in [1.807, 2.05) is 6.92 Å². The molecule has 1 saturated heterocycles. The second-order valence-electron chi connectivity index (χ2n) is 5.07. The predicted octanol–water partition coefficient (Wildman–Crippen LogP) is -0.820. The molecule has 0 amide bonds. The number of ether oxygens (including phenoxy) is 2. The lowest BCUT2D eigenvalue weighted by Crippen LogP contribution is -2.38. The third-order valence-electron chi connectivity index (χ3n) is 3.46. The van der Waals surface area contributed by atoms with Crippen LogP contribution in [0.5, 0.6) is 0 Å². The molecular weight excluding hydrogens is 278 g/mol. The monoisotopic (exact) mass is 299 g/mol. The third kappa shape index (κ3) is 3.08. The van der Waals surface area contributed by atoms with Crippen LogP contribution in [0.3, 0.4) is 0 Å². The molecule has 1 aromatic heterocycles. The highest BCUT2D eigenvalue weighted by molar-refractivity contribution is 5.35. The van der Waals surface area contributed by atoms with Crippen molar-refractivity contribution in [1.82, 2.24) is 9.55 Å². The number of nitrogens with zero attached hydrogens (tertiary/aromatic N) is 2. The van der Waals surface area contributed by atoms with Crippen LogP contribution in [0.2, 0.25) is 0 Å². The van der Waals surface area contributed by atoms with Crippen LogP contribution in [-0.2, 0) is 9.47 Å². The normalized spacial score (nSPS) is 29.0. The quantitative estimate of drug-likeness (QED) is 0.649. The van der Waals surface area contributed by atoms with Gasteiger partial charge in [-0.05, 0) is 13.3 Å². The van der Waals surface area contributed by atoms with Gasteiger partial charge in [-0.2, -0.15) is 4.98 Å². The first-order valence-corrected chi connectivity index (χ1v) is 6.90. The molecule has 0 aliphatic carbocycles. The Balaban J connectivity index is 2.35. The zero-order chi connectivity index (χ0) is 15.6. The van der Waals surface area contributed by atoms with Crippen LogP contribution < -0.4 is 11.4 Å².